The molecule has 0 aromatic carbocycles. The number of likely N-dealkylation sites (N-methyl/N-ethyl adjacent to an activating group) is 1. The average Bonchev–Trinajstić information content (AvgIpc) is 2.90. The Bertz CT molecular complexity index is 356. The monoisotopic (exact) mass is 271 g/mol. The first-order chi connectivity index (χ1) is 8.62. The van der Waals surface area contributed by atoms with E-state index < -0.39 is 5.54 Å². The standard InChI is InChI=1S/C12H21N3O2S/c1-12(13-2,10(16)17-3)6-4-5-9-18-11-14-7-8-15-11/h7-8,13H,4-6,9H2,1-3H3,(H,14,15). The van der Waals surface area contributed by atoms with Gasteiger partial charge < -0.3 is 15.0 Å². The first kappa shape index (κ1) is 15.0. The maximum Gasteiger partial charge on any atom is 0.325 e. The number of esters is 1. The van der Waals surface area contributed by atoms with Gasteiger partial charge in [0.2, 0.25) is 0 Å². The van der Waals surface area contributed by atoms with Crippen LogP contribution in [-0.2, 0) is 9.53 Å². The van der Waals surface area contributed by atoms with Gasteiger partial charge >= 0.3 is 5.97 Å². The molecule has 102 valence electrons. The zero-order valence-electron chi connectivity index (χ0n) is 11.2. The van der Waals surface area contributed by atoms with Gasteiger partial charge in [-0.05, 0) is 26.8 Å². The van der Waals surface area contributed by atoms with Gasteiger partial charge in [0.25, 0.3) is 0 Å². The number of ether oxygens (including phenoxy) is 1. The molecule has 2 N–H and O–H groups in total. The van der Waals surface area contributed by atoms with E-state index in [1.54, 1.807) is 25.0 Å². The number of carbonyl (C=O) groups excluding carboxylic acids is 1. The Morgan fingerprint density at radius 2 is 2.39 bits per heavy atom. The normalized spacial score (nSPS) is 14.2. The van der Waals surface area contributed by atoms with Gasteiger partial charge in [0.15, 0.2) is 5.16 Å². The molecule has 0 spiro atoms. The second kappa shape index (κ2) is 7.43. The highest BCUT2D eigenvalue weighted by atomic mass is 32.2. The van der Waals surface area contributed by atoms with E-state index in [0.29, 0.717) is 0 Å². The minimum atomic E-state index is -0.579. The third-order valence-electron chi connectivity index (χ3n) is 2.97. The fourth-order valence-electron chi connectivity index (χ4n) is 1.63. The van der Waals surface area contributed by atoms with Crippen LogP contribution in [0.3, 0.4) is 0 Å². The third-order valence-corrected chi connectivity index (χ3v) is 3.96. The van der Waals surface area contributed by atoms with Crippen molar-refractivity contribution in [2.24, 2.45) is 0 Å². The molecule has 0 saturated carbocycles. The summed E-state index contributed by atoms with van der Waals surface area (Å²) in [6.07, 6.45) is 6.35. The second-order valence-corrected chi connectivity index (χ2v) is 5.36. The summed E-state index contributed by atoms with van der Waals surface area (Å²) in [6.45, 7) is 1.87. The number of H-pyrrole nitrogens is 1. The number of hydrogen-bond donors (Lipinski definition) is 2. The molecule has 0 aliphatic rings. The van der Waals surface area contributed by atoms with Crippen LogP contribution in [0.15, 0.2) is 17.6 Å². The largest absolute Gasteiger partial charge is 0.468 e. The molecule has 18 heavy (non-hydrogen) atoms. The van der Waals surface area contributed by atoms with Crippen molar-refractivity contribution in [1.29, 1.82) is 0 Å². The number of aromatic amines is 1. The van der Waals surface area contributed by atoms with E-state index >= 15 is 0 Å². The van der Waals surface area contributed by atoms with Gasteiger partial charge in [0, 0.05) is 18.1 Å². The van der Waals surface area contributed by atoms with Crippen LogP contribution in [0, 0.1) is 0 Å². The molecule has 0 fully saturated rings. The van der Waals surface area contributed by atoms with Crippen LogP contribution in [-0.4, -0.2) is 41.4 Å². The molecule has 5 nitrogen and oxygen atoms in total. The minimum absolute atomic E-state index is 0.205. The lowest BCUT2D eigenvalue weighted by Crippen LogP contribution is -2.48. The predicted octanol–water partition coefficient (Wildman–Crippen LogP) is 1.82. The van der Waals surface area contributed by atoms with E-state index in [-0.39, 0.29) is 5.97 Å². The molecule has 0 saturated heterocycles. The molecule has 0 radical (unpaired) electrons. The van der Waals surface area contributed by atoms with Crippen LogP contribution < -0.4 is 5.32 Å². The summed E-state index contributed by atoms with van der Waals surface area (Å²) in [4.78, 5) is 18.8. The number of aromatic nitrogens is 2. The van der Waals surface area contributed by atoms with E-state index in [9.17, 15) is 4.79 Å². The Morgan fingerprint density at radius 3 is 2.94 bits per heavy atom. The highest BCUT2D eigenvalue weighted by Gasteiger charge is 2.31. The Balaban J connectivity index is 2.21. The lowest BCUT2D eigenvalue weighted by Gasteiger charge is -2.25. The van der Waals surface area contributed by atoms with Crippen molar-refractivity contribution >= 4 is 17.7 Å². The molecule has 0 aliphatic carbocycles. The number of rotatable bonds is 8. The van der Waals surface area contributed by atoms with Gasteiger partial charge in [-0.3, -0.25) is 4.79 Å². The van der Waals surface area contributed by atoms with Gasteiger partial charge in [-0.15, -0.1) is 0 Å². The first-order valence-electron chi connectivity index (χ1n) is 6.02. The molecule has 6 heteroatoms. The summed E-state index contributed by atoms with van der Waals surface area (Å²) < 4.78 is 4.80. The van der Waals surface area contributed by atoms with Gasteiger partial charge in [-0.25, -0.2) is 4.98 Å². The number of nitrogens with one attached hydrogen (secondary N) is 2. The molecule has 0 aliphatic heterocycles. The van der Waals surface area contributed by atoms with Crippen molar-refractivity contribution in [3.05, 3.63) is 12.4 Å². The van der Waals surface area contributed by atoms with Crippen LogP contribution >= 0.6 is 11.8 Å². The van der Waals surface area contributed by atoms with E-state index in [2.05, 4.69) is 15.3 Å². The second-order valence-electron chi connectivity index (χ2n) is 4.27. The average molecular weight is 271 g/mol. The summed E-state index contributed by atoms with van der Waals surface area (Å²) in [7, 11) is 3.21. The van der Waals surface area contributed by atoms with Crippen LogP contribution in [0.25, 0.3) is 0 Å². The number of thioether (sulfide) groups is 1. The fourth-order valence-corrected chi connectivity index (χ4v) is 2.46. The molecule has 1 unspecified atom stereocenters. The van der Waals surface area contributed by atoms with Crippen molar-refractivity contribution in [3.8, 4) is 0 Å². The third kappa shape index (κ3) is 4.34. The highest BCUT2D eigenvalue weighted by Crippen LogP contribution is 2.18. The molecule has 1 rings (SSSR count). The smallest absolute Gasteiger partial charge is 0.325 e. The zero-order valence-corrected chi connectivity index (χ0v) is 12.0. The van der Waals surface area contributed by atoms with Crippen molar-refractivity contribution in [3.63, 3.8) is 0 Å². The molecule has 0 bridgehead atoms. The number of methoxy groups -OCH3 is 1. The summed E-state index contributed by atoms with van der Waals surface area (Å²) in [5.74, 6) is 0.790. The van der Waals surface area contributed by atoms with E-state index in [1.165, 1.54) is 7.11 Å². The van der Waals surface area contributed by atoms with E-state index in [4.69, 9.17) is 4.74 Å². The topological polar surface area (TPSA) is 67.0 Å². The molecule has 1 aromatic rings. The Labute approximate surface area is 112 Å². The molecular weight excluding hydrogens is 250 g/mol. The van der Waals surface area contributed by atoms with Crippen molar-refractivity contribution in [2.45, 2.75) is 36.9 Å². The van der Waals surface area contributed by atoms with Crippen LogP contribution in [0.2, 0.25) is 0 Å². The Kier molecular flexibility index (Phi) is 6.21. The number of hydrogen-bond acceptors (Lipinski definition) is 5. The SMILES string of the molecule is CNC(C)(CCCCSc1ncc[nH]1)C(=O)OC. The molecule has 1 aromatic heterocycles. The van der Waals surface area contributed by atoms with Crippen LogP contribution in [0.1, 0.15) is 26.2 Å². The molecule has 1 heterocycles. The van der Waals surface area contributed by atoms with Crippen LogP contribution in [0.4, 0.5) is 0 Å². The van der Waals surface area contributed by atoms with E-state index in [0.717, 1.165) is 30.2 Å². The molecule has 1 atom stereocenters. The van der Waals surface area contributed by atoms with Gasteiger partial charge in [-0.1, -0.05) is 18.2 Å². The van der Waals surface area contributed by atoms with Crippen LogP contribution in [0.5, 0.6) is 0 Å². The van der Waals surface area contributed by atoms with Crippen molar-refractivity contribution in [1.82, 2.24) is 15.3 Å². The van der Waals surface area contributed by atoms with Crippen molar-refractivity contribution in [2.75, 3.05) is 19.9 Å². The lowest BCUT2D eigenvalue weighted by atomic mass is 9.95. The fraction of sp³-hybridized carbons (Fsp3) is 0.667. The van der Waals surface area contributed by atoms with Crippen molar-refractivity contribution < 1.29 is 9.53 Å². The van der Waals surface area contributed by atoms with Gasteiger partial charge in [0.05, 0.1) is 7.11 Å². The maximum absolute atomic E-state index is 11.6. The summed E-state index contributed by atoms with van der Waals surface area (Å²) in [5.41, 5.74) is -0.579. The summed E-state index contributed by atoms with van der Waals surface area (Å²) >= 11 is 1.70. The lowest BCUT2D eigenvalue weighted by molar-refractivity contribution is -0.148. The maximum atomic E-state index is 11.6. The molecule has 0 amide bonds. The Morgan fingerprint density at radius 1 is 1.61 bits per heavy atom. The Hall–Kier alpha value is -1.01. The number of unbranched alkanes of at least 4 members (excludes halogenated alkanes) is 1. The first-order valence-corrected chi connectivity index (χ1v) is 7.00. The predicted molar refractivity (Wildman–Crippen MR) is 72.6 cm³/mol. The van der Waals surface area contributed by atoms with E-state index in [1.807, 2.05) is 13.1 Å². The van der Waals surface area contributed by atoms with Gasteiger partial charge in [0.1, 0.15) is 5.54 Å². The molecular formula is C12H21N3O2S. The number of carbonyl (C=O) groups is 1. The quantitative estimate of drug-likeness (QED) is 0.429. The highest BCUT2D eigenvalue weighted by molar-refractivity contribution is 7.99. The summed E-state index contributed by atoms with van der Waals surface area (Å²) in [6, 6.07) is 0. The zero-order chi connectivity index (χ0) is 13.4. The minimum Gasteiger partial charge on any atom is -0.468 e. The summed E-state index contributed by atoms with van der Waals surface area (Å²) in [5, 5.41) is 3.98. The number of imidazole rings is 1. The van der Waals surface area contributed by atoms with Gasteiger partial charge in [-0.2, -0.15) is 0 Å². The number of nitrogens with zero attached hydrogens (tertiary/aromatic N) is 1.